The summed E-state index contributed by atoms with van der Waals surface area (Å²) in [6.07, 6.45) is 1.92. The maximum absolute atomic E-state index is 4.17. The molecule has 6 heteroatoms. The van der Waals surface area contributed by atoms with Crippen LogP contribution in [-0.2, 0) is 6.54 Å². The van der Waals surface area contributed by atoms with Crippen molar-refractivity contribution in [3.63, 3.8) is 0 Å². The van der Waals surface area contributed by atoms with Gasteiger partial charge in [0, 0.05) is 31.6 Å². The first-order chi connectivity index (χ1) is 8.36. The Labute approximate surface area is 135 Å². The Morgan fingerprint density at radius 3 is 3.00 bits per heavy atom. The van der Waals surface area contributed by atoms with E-state index in [2.05, 4.69) is 39.0 Å². The molecule has 0 fully saturated rings. The largest absolute Gasteiger partial charge is 0.356 e. The molecule has 1 rings (SSSR count). The van der Waals surface area contributed by atoms with E-state index in [0.717, 1.165) is 30.6 Å². The Hall–Kier alpha value is -0.210. The molecular formula is C12H20IN3S2. The van der Waals surface area contributed by atoms with Crippen molar-refractivity contribution in [3.05, 3.63) is 35.0 Å². The summed E-state index contributed by atoms with van der Waals surface area (Å²) in [5, 5.41) is 10.8. The van der Waals surface area contributed by atoms with E-state index >= 15 is 0 Å². The van der Waals surface area contributed by atoms with Crippen LogP contribution in [0.2, 0.25) is 0 Å². The lowest BCUT2D eigenvalue weighted by molar-refractivity contribution is 0.835. The summed E-state index contributed by atoms with van der Waals surface area (Å²) in [5.74, 6) is 2.92. The highest BCUT2D eigenvalue weighted by Crippen LogP contribution is 2.04. The van der Waals surface area contributed by atoms with Crippen LogP contribution in [0.15, 0.2) is 34.5 Å². The summed E-state index contributed by atoms with van der Waals surface area (Å²) in [6.45, 7) is 5.43. The van der Waals surface area contributed by atoms with Crippen molar-refractivity contribution in [1.29, 1.82) is 0 Å². The Morgan fingerprint density at radius 1 is 1.56 bits per heavy atom. The lowest BCUT2D eigenvalue weighted by Crippen LogP contribution is -2.37. The molecule has 0 unspecified atom stereocenters. The number of nitrogens with one attached hydrogen (secondary N) is 2. The number of hydrogen-bond donors (Lipinski definition) is 2. The number of nitrogens with zero attached hydrogens (tertiary/aromatic N) is 1. The molecule has 0 aliphatic heterocycles. The van der Waals surface area contributed by atoms with Gasteiger partial charge in [0.1, 0.15) is 0 Å². The van der Waals surface area contributed by atoms with Gasteiger partial charge in [-0.15, -0.1) is 30.6 Å². The minimum absolute atomic E-state index is 0. The molecule has 0 aromatic carbocycles. The summed E-state index contributed by atoms with van der Waals surface area (Å²) >= 11 is 3.57. The Bertz CT molecular complexity index is 339. The van der Waals surface area contributed by atoms with Crippen LogP contribution in [0.5, 0.6) is 0 Å². The fraction of sp³-hybridized carbons (Fsp3) is 0.417. The number of hydrogen-bond acceptors (Lipinski definition) is 3. The molecule has 1 aromatic heterocycles. The number of aliphatic imine (C=N–C) groups is 1. The second kappa shape index (κ2) is 11.9. The smallest absolute Gasteiger partial charge is 0.191 e. The van der Waals surface area contributed by atoms with E-state index in [-0.39, 0.29) is 24.0 Å². The Balaban J connectivity index is 0.00000289. The average molecular weight is 397 g/mol. The van der Waals surface area contributed by atoms with Gasteiger partial charge in [-0.2, -0.15) is 23.1 Å². The standard InChI is InChI=1S/C12H19N3S2.HI/c1-3-6-16-8-5-14-12(13-2)15-9-11-4-7-17-10-11;/h3-4,7,10H,1,5-6,8-9H2,2H3,(H2,13,14,15);1H. The van der Waals surface area contributed by atoms with Crippen LogP contribution < -0.4 is 10.6 Å². The number of thioether (sulfide) groups is 1. The van der Waals surface area contributed by atoms with E-state index in [1.807, 2.05) is 17.8 Å². The van der Waals surface area contributed by atoms with Crippen molar-refractivity contribution >= 4 is 53.0 Å². The third-order valence-corrected chi connectivity index (χ3v) is 3.73. The summed E-state index contributed by atoms with van der Waals surface area (Å²) in [7, 11) is 1.79. The molecule has 0 radical (unpaired) electrons. The fourth-order valence-electron chi connectivity index (χ4n) is 1.21. The fourth-order valence-corrected chi connectivity index (χ4v) is 2.46. The lowest BCUT2D eigenvalue weighted by atomic mass is 10.3. The molecule has 0 aliphatic rings. The lowest BCUT2D eigenvalue weighted by Gasteiger charge is -2.10. The quantitative estimate of drug-likeness (QED) is 0.244. The van der Waals surface area contributed by atoms with Crippen molar-refractivity contribution in [3.8, 4) is 0 Å². The maximum Gasteiger partial charge on any atom is 0.191 e. The van der Waals surface area contributed by atoms with Crippen LogP contribution in [0.25, 0.3) is 0 Å². The first-order valence-electron chi connectivity index (χ1n) is 5.51. The minimum Gasteiger partial charge on any atom is -0.356 e. The van der Waals surface area contributed by atoms with Crippen LogP contribution >= 0.6 is 47.1 Å². The molecule has 2 N–H and O–H groups in total. The van der Waals surface area contributed by atoms with E-state index in [1.165, 1.54) is 5.56 Å². The number of halogens is 1. The first kappa shape index (κ1) is 17.8. The van der Waals surface area contributed by atoms with Gasteiger partial charge in [-0.3, -0.25) is 4.99 Å². The molecule has 0 amide bonds. The Morgan fingerprint density at radius 2 is 2.39 bits per heavy atom. The van der Waals surface area contributed by atoms with Crippen LogP contribution in [0.1, 0.15) is 5.56 Å². The Kier molecular flexibility index (Phi) is 11.7. The summed E-state index contributed by atoms with van der Waals surface area (Å²) < 4.78 is 0. The zero-order valence-corrected chi connectivity index (χ0v) is 14.5. The van der Waals surface area contributed by atoms with Gasteiger partial charge in [-0.25, -0.2) is 0 Å². The van der Waals surface area contributed by atoms with Gasteiger partial charge in [-0.05, 0) is 22.4 Å². The summed E-state index contributed by atoms with van der Waals surface area (Å²) in [4.78, 5) is 4.17. The molecule has 1 heterocycles. The average Bonchev–Trinajstić information content (AvgIpc) is 2.86. The summed E-state index contributed by atoms with van der Waals surface area (Å²) in [5.41, 5.74) is 1.29. The van der Waals surface area contributed by atoms with Crippen molar-refractivity contribution in [2.24, 2.45) is 4.99 Å². The van der Waals surface area contributed by atoms with Gasteiger partial charge in [0.05, 0.1) is 0 Å². The molecule has 3 nitrogen and oxygen atoms in total. The van der Waals surface area contributed by atoms with Crippen molar-refractivity contribution in [2.75, 3.05) is 25.1 Å². The number of guanidine groups is 1. The summed E-state index contributed by atoms with van der Waals surface area (Å²) in [6, 6.07) is 2.12. The minimum atomic E-state index is 0. The van der Waals surface area contributed by atoms with Gasteiger partial charge < -0.3 is 10.6 Å². The van der Waals surface area contributed by atoms with Gasteiger partial charge in [0.15, 0.2) is 5.96 Å². The third kappa shape index (κ3) is 7.99. The zero-order chi connectivity index (χ0) is 12.3. The van der Waals surface area contributed by atoms with Crippen molar-refractivity contribution in [1.82, 2.24) is 10.6 Å². The molecule has 0 bridgehead atoms. The number of thiophene rings is 1. The predicted molar refractivity (Wildman–Crippen MR) is 95.5 cm³/mol. The van der Waals surface area contributed by atoms with E-state index in [4.69, 9.17) is 0 Å². The molecule has 0 saturated carbocycles. The van der Waals surface area contributed by atoms with Crippen LogP contribution in [-0.4, -0.2) is 31.1 Å². The molecule has 0 atom stereocenters. The third-order valence-electron chi connectivity index (χ3n) is 2.04. The molecule has 18 heavy (non-hydrogen) atoms. The highest BCUT2D eigenvalue weighted by molar-refractivity contribution is 14.0. The van der Waals surface area contributed by atoms with Gasteiger partial charge in [0.25, 0.3) is 0 Å². The SMILES string of the molecule is C=CCSCCNC(=NC)NCc1ccsc1.I. The van der Waals surface area contributed by atoms with Crippen LogP contribution in [0, 0.1) is 0 Å². The van der Waals surface area contributed by atoms with Crippen molar-refractivity contribution in [2.45, 2.75) is 6.54 Å². The van der Waals surface area contributed by atoms with Gasteiger partial charge in [0.2, 0.25) is 0 Å². The topological polar surface area (TPSA) is 36.4 Å². The van der Waals surface area contributed by atoms with E-state index in [9.17, 15) is 0 Å². The molecule has 0 saturated heterocycles. The normalized spacial score (nSPS) is 10.6. The molecule has 0 aliphatic carbocycles. The van der Waals surface area contributed by atoms with Crippen molar-refractivity contribution < 1.29 is 0 Å². The van der Waals surface area contributed by atoms with Crippen LogP contribution in [0.4, 0.5) is 0 Å². The highest BCUT2D eigenvalue weighted by atomic mass is 127. The predicted octanol–water partition coefficient (Wildman–Crippen LogP) is 2.95. The first-order valence-corrected chi connectivity index (χ1v) is 7.60. The van der Waals surface area contributed by atoms with Gasteiger partial charge >= 0.3 is 0 Å². The van der Waals surface area contributed by atoms with E-state index < -0.39 is 0 Å². The maximum atomic E-state index is 4.17. The van der Waals surface area contributed by atoms with E-state index in [0.29, 0.717) is 0 Å². The van der Waals surface area contributed by atoms with E-state index in [1.54, 1.807) is 18.4 Å². The second-order valence-corrected chi connectivity index (χ2v) is 5.28. The second-order valence-electron chi connectivity index (χ2n) is 3.35. The molecule has 1 aromatic rings. The van der Waals surface area contributed by atoms with Gasteiger partial charge in [-0.1, -0.05) is 6.08 Å². The number of rotatable bonds is 7. The monoisotopic (exact) mass is 397 g/mol. The zero-order valence-electron chi connectivity index (χ0n) is 10.5. The molecule has 102 valence electrons. The van der Waals surface area contributed by atoms with Crippen LogP contribution in [0.3, 0.4) is 0 Å². The highest BCUT2D eigenvalue weighted by Gasteiger charge is 1.97. The molecular weight excluding hydrogens is 377 g/mol. The molecule has 0 spiro atoms.